The van der Waals surface area contributed by atoms with Gasteiger partial charge in [0.2, 0.25) is 0 Å². The summed E-state index contributed by atoms with van der Waals surface area (Å²) in [6.45, 7) is 22.5. The van der Waals surface area contributed by atoms with Crippen molar-refractivity contribution < 1.29 is 9.47 Å². The SMILES string of the molecule is CCOc1ccc2cc(C#Cc3cc(C(C)C)c(N)c(C(C)C)c3)ccc2c1-c1c(OCC)ccc2cc(C#Cc3cc(C(C)C)c(N)c(C(C)C)c3)ccc12. The minimum Gasteiger partial charge on any atom is -0.493 e. The van der Waals surface area contributed by atoms with Crippen LogP contribution >= 0.6 is 0 Å². The number of ether oxygens (including phenoxy) is 2. The maximum atomic E-state index is 6.58. The molecule has 4 N–H and O–H groups in total. The van der Waals surface area contributed by atoms with E-state index in [9.17, 15) is 0 Å². The smallest absolute Gasteiger partial charge is 0.127 e. The molecule has 0 aromatic heterocycles. The second-order valence-corrected chi connectivity index (χ2v) is 15.9. The maximum absolute atomic E-state index is 6.58. The third-order valence-electron chi connectivity index (χ3n) is 10.5. The van der Waals surface area contributed by atoms with Crippen molar-refractivity contribution in [1.82, 2.24) is 0 Å². The number of rotatable bonds is 9. The van der Waals surface area contributed by atoms with Gasteiger partial charge in [-0.25, -0.2) is 0 Å². The first-order chi connectivity index (χ1) is 26.8. The summed E-state index contributed by atoms with van der Waals surface area (Å²) >= 11 is 0. The molecule has 0 aliphatic rings. The lowest BCUT2D eigenvalue weighted by molar-refractivity contribution is 0.337. The molecule has 0 saturated heterocycles. The Bertz CT molecular complexity index is 2310. The molecule has 4 nitrogen and oxygen atoms in total. The fourth-order valence-electron chi connectivity index (χ4n) is 7.58. The fraction of sp³-hybridized carbons (Fsp3) is 0.308. The van der Waals surface area contributed by atoms with E-state index in [1.807, 2.05) is 13.8 Å². The number of nitrogens with two attached hydrogens (primary N) is 2. The molecule has 0 heterocycles. The Kier molecular flexibility index (Phi) is 12.0. The van der Waals surface area contributed by atoms with Crippen molar-refractivity contribution in [3.05, 3.63) is 129 Å². The number of fused-ring (bicyclic) bond motifs is 2. The quantitative estimate of drug-likeness (QED) is 0.114. The van der Waals surface area contributed by atoms with Crippen LogP contribution in [0.25, 0.3) is 32.7 Å². The van der Waals surface area contributed by atoms with E-state index in [1.165, 1.54) is 0 Å². The van der Waals surface area contributed by atoms with E-state index < -0.39 is 0 Å². The standard InChI is InChI=1S/C52H56N2O2/c1-11-55-47-23-19-39-25-35(13-15-37-27-43(31(3)4)51(53)44(28-37)32(5)6)17-21-41(39)49(47)50-42-22-18-36(26-40(42)20-24-48(50)56-12-2)14-16-38-29-45(33(7)8)52(54)46(30-38)34(9)10/h17-34H,11-12,53-54H2,1-10H3. The van der Waals surface area contributed by atoms with E-state index in [2.05, 4.69) is 164 Å². The molecule has 0 spiro atoms. The van der Waals surface area contributed by atoms with Crippen LogP contribution in [0.2, 0.25) is 0 Å². The molecule has 286 valence electrons. The highest BCUT2D eigenvalue weighted by Crippen LogP contribution is 2.46. The van der Waals surface area contributed by atoms with E-state index in [0.717, 1.165) is 100 Å². The highest BCUT2D eigenvalue weighted by Gasteiger charge is 2.20. The Morgan fingerprint density at radius 3 is 1.05 bits per heavy atom. The van der Waals surface area contributed by atoms with Crippen molar-refractivity contribution >= 4 is 32.9 Å². The molecular weight excluding hydrogens is 685 g/mol. The fourth-order valence-corrected chi connectivity index (χ4v) is 7.58. The zero-order chi connectivity index (χ0) is 40.3. The van der Waals surface area contributed by atoms with E-state index in [0.29, 0.717) is 36.9 Å². The minimum atomic E-state index is 0.314. The first-order valence-electron chi connectivity index (χ1n) is 20.1. The van der Waals surface area contributed by atoms with Crippen LogP contribution in [0, 0.1) is 23.7 Å². The van der Waals surface area contributed by atoms with E-state index >= 15 is 0 Å². The molecule has 0 amide bonds. The third kappa shape index (κ3) is 8.22. The van der Waals surface area contributed by atoms with Crippen LogP contribution in [0.1, 0.15) is 137 Å². The Hall–Kier alpha value is -5.84. The van der Waals surface area contributed by atoms with Crippen LogP contribution < -0.4 is 20.9 Å². The van der Waals surface area contributed by atoms with Gasteiger partial charge >= 0.3 is 0 Å². The molecule has 6 rings (SSSR count). The molecule has 0 unspecified atom stereocenters. The normalized spacial score (nSPS) is 11.3. The van der Waals surface area contributed by atoms with Gasteiger partial charge in [0.15, 0.2) is 0 Å². The number of hydrogen-bond acceptors (Lipinski definition) is 4. The lowest BCUT2D eigenvalue weighted by Gasteiger charge is -2.19. The van der Waals surface area contributed by atoms with Gasteiger partial charge in [0, 0.05) is 44.8 Å². The van der Waals surface area contributed by atoms with Gasteiger partial charge in [-0.1, -0.05) is 103 Å². The first kappa shape index (κ1) is 39.8. The van der Waals surface area contributed by atoms with Gasteiger partial charge in [0.1, 0.15) is 11.5 Å². The molecule has 0 atom stereocenters. The number of anilines is 2. The van der Waals surface area contributed by atoms with Gasteiger partial charge in [0.05, 0.1) is 13.2 Å². The van der Waals surface area contributed by atoms with Crippen molar-refractivity contribution in [3.63, 3.8) is 0 Å². The van der Waals surface area contributed by atoms with Crippen molar-refractivity contribution in [3.8, 4) is 46.3 Å². The molecule has 56 heavy (non-hydrogen) atoms. The maximum Gasteiger partial charge on any atom is 0.127 e. The zero-order valence-electron chi connectivity index (χ0n) is 34.8. The zero-order valence-corrected chi connectivity index (χ0v) is 34.8. The van der Waals surface area contributed by atoms with Crippen LogP contribution in [0.4, 0.5) is 11.4 Å². The van der Waals surface area contributed by atoms with Gasteiger partial charge in [-0.3, -0.25) is 0 Å². The Morgan fingerprint density at radius 2 is 0.750 bits per heavy atom. The lowest BCUT2D eigenvalue weighted by Crippen LogP contribution is -2.04. The molecule has 0 fully saturated rings. The summed E-state index contributed by atoms with van der Waals surface area (Å²) in [6.07, 6.45) is 0. The Morgan fingerprint density at radius 1 is 0.429 bits per heavy atom. The summed E-state index contributed by atoms with van der Waals surface area (Å²) in [4.78, 5) is 0. The topological polar surface area (TPSA) is 70.5 Å². The summed E-state index contributed by atoms with van der Waals surface area (Å²) < 4.78 is 12.7. The second kappa shape index (κ2) is 16.9. The van der Waals surface area contributed by atoms with Crippen LogP contribution in [0.5, 0.6) is 11.5 Å². The largest absolute Gasteiger partial charge is 0.493 e. The molecule has 0 bridgehead atoms. The number of benzene rings is 6. The molecular formula is C52H56N2O2. The van der Waals surface area contributed by atoms with Crippen LogP contribution in [0.3, 0.4) is 0 Å². The predicted molar refractivity (Wildman–Crippen MR) is 239 cm³/mol. The monoisotopic (exact) mass is 740 g/mol. The molecule has 0 saturated carbocycles. The molecule has 6 aromatic carbocycles. The van der Waals surface area contributed by atoms with Crippen molar-refractivity contribution in [2.45, 2.75) is 92.9 Å². The summed E-state index contributed by atoms with van der Waals surface area (Å²) in [5.74, 6) is 16.7. The predicted octanol–water partition coefficient (Wildman–Crippen LogP) is 12.9. The van der Waals surface area contributed by atoms with E-state index in [-0.39, 0.29) is 0 Å². The summed E-state index contributed by atoms with van der Waals surface area (Å²) in [7, 11) is 0. The summed E-state index contributed by atoms with van der Waals surface area (Å²) in [6, 6.07) is 29.8. The average molecular weight is 741 g/mol. The van der Waals surface area contributed by atoms with Gasteiger partial charge < -0.3 is 20.9 Å². The van der Waals surface area contributed by atoms with Crippen LogP contribution in [0.15, 0.2) is 84.9 Å². The first-order valence-corrected chi connectivity index (χ1v) is 20.1. The lowest BCUT2D eigenvalue weighted by atomic mass is 9.90. The second-order valence-electron chi connectivity index (χ2n) is 15.9. The van der Waals surface area contributed by atoms with Crippen LogP contribution in [-0.2, 0) is 0 Å². The summed E-state index contributed by atoms with van der Waals surface area (Å²) in [5.41, 5.74) is 25.4. The van der Waals surface area contributed by atoms with Crippen molar-refractivity contribution in [2.24, 2.45) is 0 Å². The average Bonchev–Trinajstić information content (AvgIpc) is 3.16. The summed E-state index contributed by atoms with van der Waals surface area (Å²) in [5, 5.41) is 4.29. The highest BCUT2D eigenvalue weighted by atomic mass is 16.5. The van der Waals surface area contributed by atoms with Crippen molar-refractivity contribution in [1.29, 1.82) is 0 Å². The Balaban J connectivity index is 1.47. The molecule has 0 aliphatic carbocycles. The van der Waals surface area contributed by atoms with E-state index in [4.69, 9.17) is 20.9 Å². The van der Waals surface area contributed by atoms with E-state index in [1.54, 1.807) is 0 Å². The molecule has 0 aliphatic heterocycles. The molecule has 4 heteroatoms. The van der Waals surface area contributed by atoms with Gasteiger partial charge in [-0.2, -0.15) is 0 Å². The highest BCUT2D eigenvalue weighted by molar-refractivity contribution is 6.10. The van der Waals surface area contributed by atoms with Crippen molar-refractivity contribution in [2.75, 3.05) is 24.7 Å². The third-order valence-corrected chi connectivity index (χ3v) is 10.5. The minimum absolute atomic E-state index is 0.314. The van der Waals surface area contributed by atoms with Gasteiger partial charge in [0.25, 0.3) is 0 Å². The van der Waals surface area contributed by atoms with Crippen LogP contribution in [-0.4, -0.2) is 13.2 Å². The number of nitrogen functional groups attached to an aromatic ring is 2. The van der Waals surface area contributed by atoms with Gasteiger partial charge in [-0.15, -0.1) is 0 Å². The molecule has 6 aromatic rings. The van der Waals surface area contributed by atoms with Gasteiger partial charge in [-0.05, 0) is 142 Å². The number of hydrogen-bond donors (Lipinski definition) is 2. The Labute approximate surface area is 334 Å². The molecule has 0 radical (unpaired) electrons.